The monoisotopic (exact) mass is 1190 g/mol. The third kappa shape index (κ3) is 76.3. The van der Waals surface area contributed by atoms with Crippen molar-refractivity contribution < 1.29 is 0 Å². The van der Waals surface area contributed by atoms with Gasteiger partial charge in [0.1, 0.15) is 0 Å². The summed E-state index contributed by atoms with van der Waals surface area (Å²) in [4.78, 5) is 0. The Hall–Kier alpha value is -21.7. The lowest BCUT2D eigenvalue weighted by Crippen LogP contribution is -1.57. The van der Waals surface area contributed by atoms with E-state index in [1.54, 1.807) is 0 Å². The van der Waals surface area contributed by atoms with E-state index in [1.165, 1.54) is 0 Å². The van der Waals surface area contributed by atoms with Gasteiger partial charge in [-0.3, -0.25) is 11.8 Å². The van der Waals surface area contributed by atoms with Crippen LogP contribution in [-0.4, -0.2) is 0 Å². The fourth-order valence-electron chi connectivity index (χ4n) is 2.98. The zero-order chi connectivity index (χ0) is 70.6. The van der Waals surface area contributed by atoms with Crippen molar-refractivity contribution in [3.8, 4) is 574 Å². The second kappa shape index (κ2) is 76.3. The zero-order valence-electron chi connectivity index (χ0n) is 49.7. The molecule has 0 aromatic heterocycles. The molecule has 0 radical (unpaired) electrons. The lowest BCUT2D eigenvalue weighted by molar-refractivity contribution is 2.31. The van der Waals surface area contributed by atoms with E-state index in [0.29, 0.717) is 0 Å². The molecule has 0 saturated heterocycles. The molecule has 0 aliphatic rings. The van der Waals surface area contributed by atoms with Crippen LogP contribution in [0.1, 0.15) is 0 Å². The van der Waals surface area contributed by atoms with Crippen LogP contribution in [0.3, 0.4) is 0 Å². The molecule has 0 aliphatic heterocycles. The fourth-order valence-corrected chi connectivity index (χ4v) is 2.98. The summed E-state index contributed by atoms with van der Waals surface area (Å²) in [5, 5.41) is 0. The molecule has 0 rings (SSSR count). The maximum Gasteiger partial charge on any atom is 0 e. The van der Waals surface area contributed by atoms with E-state index in [1.807, 2.05) is 5.92 Å². The Balaban J connectivity index is 4.63. The van der Waals surface area contributed by atoms with E-state index in [9.17, 15) is 0 Å². The van der Waals surface area contributed by atoms with Crippen molar-refractivity contribution in [3.05, 3.63) is 13.3 Å². The topological polar surface area (TPSA) is 0 Å². The van der Waals surface area contributed by atoms with Gasteiger partial charge in [-0.15, -0.1) is 11.8 Å². The first kappa shape index (κ1) is 77.3. The van der Waals surface area contributed by atoms with Crippen molar-refractivity contribution in [2.45, 2.75) is 0 Å². The summed E-state index contributed by atoms with van der Waals surface area (Å²) in [6.45, 7) is 3.32. The van der Waals surface area contributed by atoms with Crippen molar-refractivity contribution >= 4 is 0 Å². The summed E-state index contributed by atoms with van der Waals surface area (Å²) in [6.07, 6.45) is 6.59. The highest BCUT2D eigenvalue weighted by Gasteiger charge is 1.67. The number of hydrogen-bond acceptors (Lipinski definition) is 0. The van der Waals surface area contributed by atoms with Crippen LogP contribution in [0.4, 0.5) is 0 Å². The lowest BCUT2D eigenvalue weighted by Gasteiger charge is -1.64. The van der Waals surface area contributed by atoms with Crippen LogP contribution in [0, 0.1) is 588 Å². The first-order valence-corrected chi connectivity index (χ1v) is 24.6. The molecule has 99 heavy (non-hydrogen) atoms. The Bertz CT molecular complexity index is 6990. The average Bonchev–Trinajstić information content (AvgIpc) is 3.64. The SMILES string of the molecule is [C-]#CC#CC#CC#CC#CC#CC#CC#CC#CC#CC#CC#CC#CC#CC#CC#CC#CC#CC#CC#CC#CC#CC#CC#CC#CC#CC#CC#CC#CC#CC#CC#CC#CC#CC#CC#CC#CC#CC#CC#CC#CC#CC#CC#CC#CC#CC#CC#CC#C[CH2-]. The predicted octanol–water partition coefficient (Wildman–Crippen LogP) is 0.573. The molecule has 0 spiro atoms. The minimum atomic E-state index is 1.87. The molecule has 0 aromatic carbocycles. The molecule has 0 amide bonds. The molecule has 0 atom stereocenters. The van der Waals surface area contributed by atoms with Crippen molar-refractivity contribution in [2.75, 3.05) is 0 Å². The second-order valence-corrected chi connectivity index (χ2v) is 12.2. The van der Waals surface area contributed by atoms with Crippen LogP contribution in [0.25, 0.3) is 0 Å². The largest absolute Gasteiger partial charge is 0.358 e. The average molecular weight is 1190 g/mol. The van der Waals surface area contributed by atoms with Gasteiger partial charge in [0.2, 0.25) is 0 Å². The minimum Gasteiger partial charge on any atom is -0.358 e. The van der Waals surface area contributed by atoms with E-state index in [4.69, 9.17) is 6.42 Å². The van der Waals surface area contributed by atoms with Gasteiger partial charge in [0, 0.05) is 444 Å². The van der Waals surface area contributed by atoms with Gasteiger partial charge in [0.15, 0.2) is 0 Å². The molecule has 0 aliphatic carbocycles. The van der Waals surface area contributed by atoms with Gasteiger partial charge < -0.3 is 6.42 Å². The number of hydrogen-bond donors (Lipinski definition) is 0. The summed E-state index contributed by atoms with van der Waals surface area (Å²) in [5.41, 5.74) is 0. The molecule has 0 saturated carbocycles. The molecule has 0 heteroatoms. The normalized spacial score (nSPS) is 3.95. The molecular weight excluding hydrogens is 1190 g/mol. The van der Waals surface area contributed by atoms with Gasteiger partial charge in [-0.25, -0.2) is 11.8 Å². The highest BCUT2D eigenvalue weighted by Crippen LogP contribution is 1.67. The van der Waals surface area contributed by atoms with E-state index >= 15 is 0 Å². The number of rotatable bonds is 0. The standard InChI is InChI=1S/C99H2/c1-3-5-7-9-11-13-15-17-19-21-23-25-27-29-31-33-35-37-39-41-43-45-47-49-51-53-55-57-59-61-63-65-67-69-71-73-75-77-79-81-83-85-87-89-91-93-95-97-99-98-96-94-92-90-88-86-84-82-80-78-76-74-72-70-68-66-64-62-60-58-56-54-52-50-48-46-44-42-40-38-36-34-32-30-28-26-24-22-20-18-16-14-12-10-8-6-4-2/h1H2/q-2. The Morgan fingerprint density at radius 1 is 0.0808 bits per heavy atom. The van der Waals surface area contributed by atoms with Gasteiger partial charge in [0.25, 0.3) is 0 Å². The van der Waals surface area contributed by atoms with Crippen LogP contribution < -0.4 is 0 Å². The van der Waals surface area contributed by atoms with E-state index in [0.717, 1.165) is 0 Å². The second-order valence-electron chi connectivity index (χ2n) is 12.2. The van der Waals surface area contributed by atoms with Gasteiger partial charge in [-0.05, 0) is 94.7 Å². The van der Waals surface area contributed by atoms with E-state index in [2.05, 4.69) is 575 Å². The van der Waals surface area contributed by atoms with E-state index in [-0.39, 0.29) is 0 Å². The van der Waals surface area contributed by atoms with Crippen molar-refractivity contribution in [1.82, 2.24) is 0 Å². The zero-order valence-corrected chi connectivity index (χ0v) is 49.7. The fraction of sp³-hybridized carbons (Fsp3) is 0. The molecule has 0 fully saturated rings. The highest BCUT2D eigenvalue weighted by atomic mass is 13.7. The maximum absolute atomic E-state index is 6.59. The third-order valence-electron chi connectivity index (χ3n) is 6.03. The predicted molar refractivity (Wildman–Crippen MR) is 386 cm³/mol. The molecule has 0 unspecified atom stereocenters. The molecule has 0 nitrogen and oxygen atoms in total. The Morgan fingerprint density at radius 3 is 0.182 bits per heavy atom. The molecule has 400 valence electrons. The van der Waals surface area contributed by atoms with Crippen LogP contribution in [0.15, 0.2) is 0 Å². The Morgan fingerprint density at radius 2 is 0.131 bits per heavy atom. The molecule has 0 N–H and O–H groups in total. The van der Waals surface area contributed by atoms with Crippen molar-refractivity contribution in [3.63, 3.8) is 0 Å². The summed E-state index contributed by atoms with van der Waals surface area (Å²) >= 11 is 0. The lowest BCUT2D eigenvalue weighted by atomic mass is 10.4. The first-order chi connectivity index (χ1) is 49.4. The molecule has 0 heterocycles. The first-order valence-electron chi connectivity index (χ1n) is 24.6. The summed E-state index contributed by atoms with van der Waals surface area (Å²) in [5.74, 6) is 241. The third-order valence-corrected chi connectivity index (χ3v) is 6.03. The van der Waals surface area contributed by atoms with Crippen LogP contribution in [0.5, 0.6) is 0 Å². The van der Waals surface area contributed by atoms with Crippen LogP contribution in [0.2, 0.25) is 0 Å². The van der Waals surface area contributed by atoms with Gasteiger partial charge in [-0.2, -0.15) is 6.92 Å². The summed E-state index contributed by atoms with van der Waals surface area (Å²) < 4.78 is 0. The van der Waals surface area contributed by atoms with Crippen molar-refractivity contribution in [1.29, 1.82) is 0 Å². The van der Waals surface area contributed by atoms with Crippen LogP contribution >= 0.6 is 0 Å². The van der Waals surface area contributed by atoms with Crippen molar-refractivity contribution in [2.24, 2.45) is 0 Å². The molecule has 0 bridgehead atoms. The van der Waals surface area contributed by atoms with Crippen LogP contribution in [-0.2, 0) is 0 Å². The smallest absolute Gasteiger partial charge is 0 e. The quantitative estimate of drug-likeness (QED) is 0.247. The summed E-state index contributed by atoms with van der Waals surface area (Å²) in [6, 6.07) is 0. The summed E-state index contributed by atoms with van der Waals surface area (Å²) in [7, 11) is 0. The molecule has 0 aromatic rings. The van der Waals surface area contributed by atoms with Gasteiger partial charge in [-0.1, -0.05) is 0 Å². The van der Waals surface area contributed by atoms with E-state index < -0.39 is 0 Å². The Labute approximate surface area is 583 Å². The Kier molecular flexibility index (Phi) is 59.6. The maximum atomic E-state index is 6.59. The minimum absolute atomic E-state index is 1.87. The highest BCUT2D eigenvalue weighted by molar-refractivity contribution is 5.56. The van der Waals surface area contributed by atoms with Gasteiger partial charge >= 0.3 is 0 Å². The van der Waals surface area contributed by atoms with Gasteiger partial charge in [0.05, 0.1) is 0 Å². The molecular formula is C99H2-2.